The molecule has 6 nitrogen and oxygen atoms in total. The Labute approximate surface area is 123 Å². The summed E-state index contributed by atoms with van der Waals surface area (Å²) in [5.74, 6) is -1.85. The van der Waals surface area contributed by atoms with E-state index in [0.717, 1.165) is 6.07 Å². The van der Waals surface area contributed by atoms with Crippen molar-refractivity contribution in [2.45, 2.75) is 30.7 Å². The van der Waals surface area contributed by atoms with Crippen LogP contribution in [0.2, 0.25) is 0 Å². The molecule has 21 heavy (non-hydrogen) atoms. The van der Waals surface area contributed by atoms with Crippen LogP contribution in [-0.2, 0) is 14.8 Å². The van der Waals surface area contributed by atoms with Gasteiger partial charge < -0.3 is 11.5 Å². The topological polar surface area (TPSA) is 106 Å². The van der Waals surface area contributed by atoms with Crippen molar-refractivity contribution in [2.24, 2.45) is 11.7 Å². The molecule has 0 radical (unpaired) electrons. The Kier molecular flexibility index (Phi) is 4.20. The maximum atomic E-state index is 13.5. The van der Waals surface area contributed by atoms with Gasteiger partial charge in [0.25, 0.3) is 0 Å². The molecule has 0 aliphatic carbocycles. The number of carbonyl (C=O) groups is 1. The van der Waals surface area contributed by atoms with Crippen LogP contribution in [0, 0.1) is 11.7 Å². The second kappa shape index (κ2) is 5.61. The van der Waals surface area contributed by atoms with Crippen LogP contribution >= 0.6 is 0 Å². The number of halogens is 1. The molecule has 1 fully saturated rings. The van der Waals surface area contributed by atoms with Gasteiger partial charge in [0.1, 0.15) is 10.7 Å². The SMILES string of the molecule is CC1CCC(C(N)=O)CN1S(=O)(=O)c1cccc(F)c1N. The molecule has 1 aromatic carbocycles. The van der Waals surface area contributed by atoms with Gasteiger partial charge in [-0.2, -0.15) is 4.31 Å². The molecule has 2 unspecified atom stereocenters. The van der Waals surface area contributed by atoms with Gasteiger partial charge in [-0.15, -0.1) is 0 Å². The van der Waals surface area contributed by atoms with E-state index >= 15 is 0 Å². The Morgan fingerprint density at radius 1 is 1.38 bits per heavy atom. The number of anilines is 1. The number of rotatable bonds is 3. The smallest absolute Gasteiger partial charge is 0.245 e. The number of hydrogen-bond donors (Lipinski definition) is 2. The van der Waals surface area contributed by atoms with E-state index in [1.54, 1.807) is 6.92 Å². The summed E-state index contributed by atoms with van der Waals surface area (Å²) in [6, 6.07) is 3.35. The lowest BCUT2D eigenvalue weighted by Crippen LogP contribution is -2.48. The molecule has 1 saturated heterocycles. The maximum Gasteiger partial charge on any atom is 0.245 e. The highest BCUT2D eigenvalue weighted by atomic mass is 32.2. The fraction of sp³-hybridized carbons (Fsp3) is 0.462. The van der Waals surface area contributed by atoms with Gasteiger partial charge in [-0.25, -0.2) is 12.8 Å². The first-order valence-corrected chi connectivity index (χ1v) is 8.04. The summed E-state index contributed by atoms with van der Waals surface area (Å²) in [6.45, 7) is 1.74. The van der Waals surface area contributed by atoms with Crippen LogP contribution in [0.1, 0.15) is 19.8 Å². The van der Waals surface area contributed by atoms with Crippen LogP contribution in [0.3, 0.4) is 0 Å². The monoisotopic (exact) mass is 315 g/mol. The van der Waals surface area contributed by atoms with E-state index in [0.29, 0.717) is 12.8 Å². The van der Waals surface area contributed by atoms with E-state index in [9.17, 15) is 17.6 Å². The van der Waals surface area contributed by atoms with Crippen molar-refractivity contribution in [2.75, 3.05) is 12.3 Å². The van der Waals surface area contributed by atoms with Crippen LogP contribution in [0.4, 0.5) is 10.1 Å². The summed E-state index contributed by atoms with van der Waals surface area (Å²) in [5.41, 5.74) is 10.4. The first kappa shape index (κ1) is 15.7. The van der Waals surface area contributed by atoms with E-state index in [-0.39, 0.29) is 17.5 Å². The number of nitrogens with two attached hydrogens (primary N) is 2. The normalized spacial score (nSPS) is 23.9. The van der Waals surface area contributed by atoms with E-state index in [1.165, 1.54) is 16.4 Å². The quantitative estimate of drug-likeness (QED) is 0.800. The highest BCUT2D eigenvalue weighted by Crippen LogP contribution is 2.31. The highest BCUT2D eigenvalue weighted by Gasteiger charge is 2.37. The molecule has 0 bridgehead atoms. The largest absolute Gasteiger partial charge is 0.395 e. The lowest BCUT2D eigenvalue weighted by molar-refractivity contribution is -0.123. The summed E-state index contributed by atoms with van der Waals surface area (Å²) >= 11 is 0. The molecule has 0 aromatic heterocycles. The Balaban J connectivity index is 2.42. The molecule has 4 N–H and O–H groups in total. The first-order chi connectivity index (χ1) is 9.75. The van der Waals surface area contributed by atoms with Crippen molar-refractivity contribution in [1.29, 1.82) is 0 Å². The van der Waals surface area contributed by atoms with Gasteiger partial charge in [0.15, 0.2) is 0 Å². The number of hydrogen-bond acceptors (Lipinski definition) is 4. The van der Waals surface area contributed by atoms with Gasteiger partial charge in [-0.1, -0.05) is 6.07 Å². The third-order valence-electron chi connectivity index (χ3n) is 3.83. The average Bonchev–Trinajstić information content (AvgIpc) is 2.41. The fourth-order valence-corrected chi connectivity index (χ4v) is 4.34. The lowest BCUT2D eigenvalue weighted by atomic mass is 9.95. The van der Waals surface area contributed by atoms with Crippen LogP contribution in [-0.4, -0.2) is 31.2 Å². The zero-order valence-electron chi connectivity index (χ0n) is 11.6. The molecular formula is C13H18FN3O3S. The van der Waals surface area contributed by atoms with Gasteiger partial charge in [-0.05, 0) is 31.9 Å². The lowest BCUT2D eigenvalue weighted by Gasteiger charge is -2.35. The van der Waals surface area contributed by atoms with Crippen molar-refractivity contribution >= 4 is 21.6 Å². The first-order valence-electron chi connectivity index (χ1n) is 6.60. The zero-order chi connectivity index (χ0) is 15.8. The van der Waals surface area contributed by atoms with Gasteiger partial charge in [0.05, 0.1) is 11.6 Å². The third kappa shape index (κ3) is 2.86. The molecule has 2 atom stereocenters. The summed E-state index contributed by atoms with van der Waals surface area (Å²) in [5, 5.41) is 0. The minimum Gasteiger partial charge on any atom is -0.395 e. The molecule has 2 rings (SSSR count). The number of carbonyl (C=O) groups excluding carboxylic acids is 1. The summed E-state index contributed by atoms with van der Waals surface area (Å²) in [7, 11) is -3.97. The second-order valence-corrected chi connectivity index (χ2v) is 7.11. The molecular weight excluding hydrogens is 297 g/mol. The number of primary amides is 1. The van der Waals surface area contributed by atoms with E-state index in [4.69, 9.17) is 11.5 Å². The zero-order valence-corrected chi connectivity index (χ0v) is 12.4. The Morgan fingerprint density at radius 2 is 2.05 bits per heavy atom. The average molecular weight is 315 g/mol. The predicted molar refractivity (Wildman–Crippen MR) is 76.1 cm³/mol. The van der Waals surface area contributed by atoms with E-state index in [2.05, 4.69) is 0 Å². The molecule has 1 aliphatic heterocycles. The standard InChI is InChI=1S/C13H18FN3O3S/c1-8-5-6-9(13(16)18)7-17(8)21(19,20)11-4-2-3-10(14)12(11)15/h2-4,8-9H,5-7,15H2,1H3,(H2,16,18). The van der Waals surface area contributed by atoms with Crippen LogP contribution < -0.4 is 11.5 Å². The van der Waals surface area contributed by atoms with E-state index < -0.39 is 33.4 Å². The summed E-state index contributed by atoms with van der Waals surface area (Å²) < 4.78 is 40.0. The number of para-hydroxylation sites is 1. The minimum absolute atomic E-state index is 0.00517. The Morgan fingerprint density at radius 3 is 2.67 bits per heavy atom. The fourth-order valence-electron chi connectivity index (χ4n) is 2.51. The molecule has 0 spiro atoms. The van der Waals surface area contributed by atoms with Gasteiger partial charge in [0.2, 0.25) is 15.9 Å². The number of nitrogen functional groups attached to an aromatic ring is 1. The van der Waals surface area contributed by atoms with Crippen molar-refractivity contribution in [3.63, 3.8) is 0 Å². The molecule has 116 valence electrons. The number of amides is 1. The Bertz CT molecular complexity index is 663. The third-order valence-corrected chi connectivity index (χ3v) is 5.87. The number of piperidine rings is 1. The van der Waals surface area contributed by atoms with Gasteiger partial charge in [0, 0.05) is 12.6 Å². The molecule has 8 heteroatoms. The van der Waals surface area contributed by atoms with Crippen molar-refractivity contribution < 1.29 is 17.6 Å². The summed E-state index contributed by atoms with van der Waals surface area (Å²) in [6.07, 6.45) is 1.06. The molecule has 0 saturated carbocycles. The maximum absolute atomic E-state index is 13.5. The van der Waals surface area contributed by atoms with Crippen molar-refractivity contribution in [3.05, 3.63) is 24.0 Å². The van der Waals surface area contributed by atoms with Crippen molar-refractivity contribution in [3.8, 4) is 0 Å². The Hall–Kier alpha value is -1.67. The number of nitrogens with zero attached hydrogens (tertiary/aromatic N) is 1. The molecule has 1 aromatic rings. The second-order valence-electron chi connectivity index (χ2n) is 5.25. The summed E-state index contributed by atoms with van der Waals surface area (Å²) in [4.78, 5) is 11.0. The number of sulfonamides is 1. The van der Waals surface area contributed by atoms with Crippen molar-refractivity contribution in [1.82, 2.24) is 4.31 Å². The highest BCUT2D eigenvalue weighted by molar-refractivity contribution is 7.89. The van der Waals surface area contributed by atoms with Crippen LogP contribution in [0.25, 0.3) is 0 Å². The van der Waals surface area contributed by atoms with Crippen LogP contribution in [0.15, 0.2) is 23.1 Å². The number of benzene rings is 1. The predicted octanol–water partition coefficient (Wildman–Crippen LogP) is 0.682. The molecule has 1 heterocycles. The van der Waals surface area contributed by atoms with Gasteiger partial charge in [-0.3, -0.25) is 4.79 Å². The molecule has 1 aliphatic rings. The van der Waals surface area contributed by atoms with Gasteiger partial charge >= 0.3 is 0 Å². The van der Waals surface area contributed by atoms with Crippen LogP contribution in [0.5, 0.6) is 0 Å². The minimum atomic E-state index is -3.97. The van der Waals surface area contributed by atoms with E-state index in [1.807, 2.05) is 0 Å². The molecule has 1 amide bonds.